The highest BCUT2D eigenvalue weighted by molar-refractivity contribution is 14.1. The Labute approximate surface area is 88.0 Å². The maximum atomic E-state index is 4.28. The zero-order valence-corrected chi connectivity index (χ0v) is 9.04. The predicted molar refractivity (Wildman–Crippen MR) is 58.1 cm³/mol. The van der Waals surface area contributed by atoms with Crippen LogP contribution in [0.15, 0.2) is 30.3 Å². The van der Waals surface area contributed by atoms with E-state index in [9.17, 15) is 0 Å². The maximum absolute atomic E-state index is 4.28. The van der Waals surface area contributed by atoms with Crippen LogP contribution < -0.4 is 0 Å². The fourth-order valence-corrected chi connectivity index (χ4v) is 1.87. The van der Waals surface area contributed by atoms with E-state index in [0.717, 1.165) is 14.4 Å². The molecule has 1 aromatic carbocycles. The Bertz CT molecular complexity index is 372. The summed E-state index contributed by atoms with van der Waals surface area (Å²) in [5.74, 6) is 0.824. The van der Waals surface area contributed by atoms with Crippen LogP contribution in [-0.2, 0) is 0 Å². The fourth-order valence-electron chi connectivity index (χ4n) is 0.909. The standard InChI is InChI=1S/C8H5IN2S/c9-8-10-7(11-12-8)6-4-2-1-3-5-6/h1-5H. The molecule has 0 amide bonds. The van der Waals surface area contributed by atoms with Crippen LogP contribution in [0.3, 0.4) is 0 Å². The topological polar surface area (TPSA) is 25.8 Å². The van der Waals surface area contributed by atoms with E-state index in [-0.39, 0.29) is 0 Å². The zero-order valence-electron chi connectivity index (χ0n) is 6.07. The van der Waals surface area contributed by atoms with E-state index in [1.165, 1.54) is 11.5 Å². The molecule has 0 unspecified atom stereocenters. The zero-order chi connectivity index (χ0) is 8.39. The summed E-state index contributed by atoms with van der Waals surface area (Å²) in [5, 5.41) is 0. The van der Waals surface area contributed by atoms with Gasteiger partial charge in [-0.25, -0.2) is 4.98 Å². The molecular weight excluding hydrogens is 283 g/mol. The number of aromatic nitrogens is 2. The van der Waals surface area contributed by atoms with Crippen molar-refractivity contribution in [2.45, 2.75) is 0 Å². The first kappa shape index (κ1) is 8.12. The second-order valence-electron chi connectivity index (χ2n) is 2.24. The molecular formula is C8H5IN2S. The predicted octanol–water partition coefficient (Wildman–Crippen LogP) is 2.81. The van der Waals surface area contributed by atoms with Gasteiger partial charge in [-0.3, -0.25) is 0 Å². The normalized spacial score (nSPS) is 10.1. The molecule has 1 aromatic heterocycles. The number of benzene rings is 1. The van der Waals surface area contributed by atoms with Crippen LogP contribution in [0.4, 0.5) is 0 Å². The fraction of sp³-hybridized carbons (Fsp3) is 0. The Balaban J connectivity index is 2.45. The first-order valence-corrected chi connectivity index (χ1v) is 5.26. The van der Waals surface area contributed by atoms with E-state index in [0.29, 0.717) is 0 Å². The summed E-state index contributed by atoms with van der Waals surface area (Å²) >= 11 is 3.60. The van der Waals surface area contributed by atoms with E-state index < -0.39 is 0 Å². The van der Waals surface area contributed by atoms with Gasteiger partial charge in [-0.15, -0.1) is 0 Å². The smallest absolute Gasteiger partial charge is 0.174 e. The summed E-state index contributed by atoms with van der Waals surface area (Å²) < 4.78 is 5.19. The number of halogens is 1. The molecule has 0 saturated carbocycles. The quantitative estimate of drug-likeness (QED) is 0.754. The van der Waals surface area contributed by atoms with Crippen LogP contribution in [-0.4, -0.2) is 9.36 Å². The summed E-state index contributed by atoms with van der Waals surface area (Å²) in [6.07, 6.45) is 0. The number of hydrogen-bond acceptors (Lipinski definition) is 3. The van der Waals surface area contributed by atoms with Crippen molar-refractivity contribution in [1.82, 2.24) is 9.36 Å². The lowest BCUT2D eigenvalue weighted by Crippen LogP contribution is -1.78. The van der Waals surface area contributed by atoms with Crippen molar-refractivity contribution in [2.24, 2.45) is 0 Å². The largest absolute Gasteiger partial charge is 0.209 e. The Morgan fingerprint density at radius 3 is 2.50 bits per heavy atom. The molecule has 2 aromatic rings. The lowest BCUT2D eigenvalue weighted by molar-refractivity contribution is 1.30. The molecule has 0 aliphatic heterocycles. The van der Waals surface area contributed by atoms with E-state index in [4.69, 9.17) is 0 Å². The maximum Gasteiger partial charge on any atom is 0.174 e. The third-order valence-electron chi connectivity index (χ3n) is 1.43. The average Bonchev–Trinajstić information content (AvgIpc) is 2.54. The molecule has 0 spiro atoms. The van der Waals surface area contributed by atoms with Crippen LogP contribution in [0.1, 0.15) is 0 Å². The van der Waals surface area contributed by atoms with E-state index in [1.54, 1.807) is 0 Å². The minimum Gasteiger partial charge on any atom is -0.209 e. The molecule has 0 aliphatic carbocycles. The molecule has 4 heteroatoms. The molecule has 0 aliphatic rings. The summed E-state index contributed by atoms with van der Waals surface area (Å²) in [7, 11) is 0. The lowest BCUT2D eigenvalue weighted by atomic mass is 10.2. The Hall–Kier alpha value is -0.490. The highest BCUT2D eigenvalue weighted by Gasteiger charge is 2.02. The molecule has 0 saturated heterocycles. The summed E-state index contributed by atoms with van der Waals surface area (Å²) in [4.78, 5) is 4.28. The van der Waals surface area contributed by atoms with Gasteiger partial charge in [0.05, 0.1) is 0 Å². The second kappa shape index (κ2) is 3.49. The third-order valence-corrected chi connectivity index (χ3v) is 2.77. The minimum atomic E-state index is 0.824. The Morgan fingerprint density at radius 1 is 1.17 bits per heavy atom. The van der Waals surface area contributed by atoms with Gasteiger partial charge in [-0.1, -0.05) is 30.3 Å². The second-order valence-corrected chi connectivity index (χ2v) is 4.74. The number of rotatable bonds is 1. The van der Waals surface area contributed by atoms with Crippen molar-refractivity contribution in [3.8, 4) is 11.4 Å². The molecule has 12 heavy (non-hydrogen) atoms. The molecule has 60 valence electrons. The van der Waals surface area contributed by atoms with Crippen LogP contribution in [0.25, 0.3) is 11.4 Å². The minimum absolute atomic E-state index is 0.824. The van der Waals surface area contributed by atoms with Gasteiger partial charge in [0, 0.05) is 5.56 Å². The van der Waals surface area contributed by atoms with E-state index >= 15 is 0 Å². The Kier molecular flexibility index (Phi) is 2.36. The lowest BCUT2D eigenvalue weighted by Gasteiger charge is -1.90. The molecule has 2 rings (SSSR count). The van der Waals surface area contributed by atoms with Crippen LogP contribution in [0, 0.1) is 3.01 Å². The van der Waals surface area contributed by atoms with Gasteiger partial charge in [-0.2, -0.15) is 4.37 Å². The van der Waals surface area contributed by atoms with Crippen LogP contribution in [0.2, 0.25) is 0 Å². The van der Waals surface area contributed by atoms with Crippen molar-refractivity contribution >= 4 is 34.1 Å². The summed E-state index contributed by atoms with van der Waals surface area (Å²) in [6.45, 7) is 0. The van der Waals surface area contributed by atoms with Gasteiger partial charge in [0.2, 0.25) is 0 Å². The molecule has 0 bridgehead atoms. The summed E-state index contributed by atoms with van der Waals surface area (Å²) in [6, 6.07) is 9.99. The van der Waals surface area contributed by atoms with Gasteiger partial charge in [-0.05, 0) is 34.1 Å². The average molecular weight is 288 g/mol. The monoisotopic (exact) mass is 288 g/mol. The van der Waals surface area contributed by atoms with Crippen LogP contribution >= 0.6 is 34.1 Å². The number of hydrogen-bond donors (Lipinski definition) is 0. The third kappa shape index (κ3) is 1.64. The first-order valence-electron chi connectivity index (χ1n) is 3.41. The van der Waals surface area contributed by atoms with Crippen LogP contribution in [0.5, 0.6) is 0 Å². The number of nitrogens with zero attached hydrogens (tertiary/aromatic N) is 2. The van der Waals surface area contributed by atoms with Gasteiger partial charge >= 0.3 is 0 Å². The molecule has 2 nitrogen and oxygen atoms in total. The van der Waals surface area contributed by atoms with Gasteiger partial charge in [0.15, 0.2) is 8.84 Å². The van der Waals surface area contributed by atoms with E-state index in [1.807, 2.05) is 30.3 Å². The van der Waals surface area contributed by atoms with Crippen molar-refractivity contribution < 1.29 is 0 Å². The van der Waals surface area contributed by atoms with Crippen molar-refractivity contribution in [3.63, 3.8) is 0 Å². The SMILES string of the molecule is Ic1nc(-c2ccccc2)ns1. The van der Waals surface area contributed by atoms with Gasteiger partial charge in [0.25, 0.3) is 0 Å². The molecule has 0 radical (unpaired) electrons. The highest BCUT2D eigenvalue weighted by atomic mass is 127. The molecule has 0 fully saturated rings. The molecule has 0 atom stereocenters. The van der Waals surface area contributed by atoms with Crippen molar-refractivity contribution in [1.29, 1.82) is 0 Å². The van der Waals surface area contributed by atoms with Crippen molar-refractivity contribution in [3.05, 3.63) is 33.3 Å². The van der Waals surface area contributed by atoms with Gasteiger partial charge in [0.1, 0.15) is 0 Å². The van der Waals surface area contributed by atoms with Gasteiger partial charge < -0.3 is 0 Å². The first-order chi connectivity index (χ1) is 5.86. The van der Waals surface area contributed by atoms with Crippen molar-refractivity contribution in [2.75, 3.05) is 0 Å². The highest BCUT2D eigenvalue weighted by Crippen LogP contribution is 2.18. The summed E-state index contributed by atoms with van der Waals surface area (Å²) in [5.41, 5.74) is 1.08. The van der Waals surface area contributed by atoms with E-state index in [2.05, 4.69) is 31.9 Å². The Morgan fingerprint density at radius 2 is 1.92 bits per heavy atom. The molecule has 1 heterocycles. The molecule has 0 N–H and O–H groups in total.